The molecule has 94 valence electrons. The Hall–Kier alpha value is -1.30. The van der Waals surface area contributed by atoms with Crippen molar-refractivity contribution < 1.29 is 4.79 Å². The van der Waals surface area contributed by atoms with Gasteiger partial charge in [-0.3, -0.25) is 4.79 Å². The van der Waals surface area contributed by atoms with Gasteiger partial charge in [-0.2, -0.15) is 0 Å². The van der Waals surface area contributed by atoms with E-state index in [0.717, 1.165) is 11.3 Å². The standard InChI is InChI=1S/C11H9Cl2N3OS/c1-5-9(18-11(14)15-5)10(17)16-8-6(12)3-2-4-7(8)13/h2-4H,1H3,(H2,14,15)(H,16,17). The van der Waals surface area contributed by atoms with Crippen molar-refractivity contribution in [3.63, 3.8) is 0 Å². The first kappa shape index (κ1) is 13.1. The molecule has 0 bridgehead atoms. The summed E-state index contributed by atoms with van der Waals surface area (Å²) in [6.07, 6.45) is 0. The van der Waals surface area contributed by atoms with Crippen molar-refractivity contribution in [1.82, 2.24) is 4.98 Å². The smallest absolute Gasteiger partial charge is 0.267 e. The van der Waals surface area contributed by atoms with Crippen LogP contribution in [0.15, 0.2) is 18.2 Å². The number of rotatable bonds is 2. The summed E-state index contributed by atoms with van der Waals surface area (Å²) < 4.78 is 0. The van der Waals surface area contributed by atoms with Crippen LogP contribution in [0.3, 0.4) is 0 Å². The van der Waals surface area contributed by atoms with Crippen LogP contribution in [-0.4, -0.2) is 10.9 Å². The zero-order valence-corrected chi connectivity index (χ0v) is 11.7. The SMILES string of the molecule is Cc1nc(N)sc1C(=O)Nc1c(Cl)cccc1Cl. The topological polar surface area (TPSA) is 68.0 Å². The number of thiazole rings is 1. The van der Waals surface area contributed by atoms with Crippen molar-refractivity contribution in [3.05, 3.63) is 38.8 Å². The zero-order valence-electron chi connectivity index (χ0n) is 9.33. The molecule has 1 heterocycles. The summed E-state index contributed by atoms with van der Waals surface area (Å²) in [6.45, 7) is 1.72. The summed E-state index contributed by atoms with van der Waals surface area (Å²) in [7, 11) is 0. The molecule has 18 heavy (non-hydrogen) atoms. The quantitative estimate of drug-likeness (QED) is 0.890. The van der Waals surface area contributed by atoms with Crippen LogP contribution in [0.4, 0.5) is 10.8 Å². The van der Waals surface area contributed by atoms with Gasteiger partial charge in [-0.05, 0) is 19.1 Å². The van der Waals surface area contributed by atoms with Crippen LogP contribution in [0.5, 0.6) is 0 Å². The molecular formula is C11H9Cl2N3OS. The molecule has 0 aliphatic heterocycles. The van der Waals surface area contributed by atoms with Crippen LogP contribution in [0.1, 0.15) is 15.4 Å². The van der Waals surface area contributed by atoms with Gasteiger partial charge in [0.15, 0.2) is 5.13 Å². The van der Waals surface area contributed by atoms with Gasteiger partial charge in [0.2, 0.25) is 0 Å². The van der Waals surface area contributed by atoms with Crippen LogP contribution >= 0.6 is 34.5 Å². The second-order valence-corrected chi connectivity index (χ2v) is 5.36. The number of nitrogen functional groups attached to an aromatic ring is 1. The van der Waals surface area contributed by atoms with Crippen LogP contribution in [0.25, 0.3) is 0 Å². The third kappa shape index (κ3) is 2.58. The lowest BCUT2D eigenvalue weighted by molar-refractivity contribution is 0.103. The number of hydrogen-bond acceptors (Lipinski definition) is 4. The number of benzene rings is 1. The number of carbonyl (C=O) groups is 1. The van der Waals surface area contributed by atoms with Crippen LogP contribution < -0.4 is 11.1 Å². The van der Waals surface area contributed by atoms with Crippen molar-refractivity contribution in [2.75, 3.05) is 11.1 Å². The Morgan fingerprint density at radius 2 is 2.00 bits per heavy atom. The fourth-order valence-electron chi connectivity index (χ4n) is 1.42. The average molecular weight is 302 g/mol. The van der Waals surface area contributed by atoms with E-state index in [1.807, 2.05) is 0 Å². The predicted molar refractivity (Wildman–Crippen MR) is 75.7 cm³/mol. The Labute approximate surface area is 118 Å². The number of nitrogens with two attached hydrogens (primary N) is 1. The zero-order chi connectivity index (χ0) is 13.3. The van der Waals surface area contributed by atoms with E-state index in [2.05, 4.69) is 10.3 Å². The van der Waals surface area contributed by atoms with E-state index in [0.29, 0.717) is 31.4 Å². The average Bonchev–Trinajstić information content (AvgIpc) is 2.63. The van der Waals surface area contributed by atoms with E-state index in [9.17, 15) is 4.79 Å². The molecule has 0 spiro atoms. The lowest BCUT2D eigenvalue weighted by Crippen LogP contribution is -2.12. The molecule has 2 rings (SSSR count). The first-order valence-corrected chi connectivity index (χ1v) is 6.54. The van der Waals surface area contributed by atoms with E-state index in [1.165, 1.54) is 0 Å². The number of aromatic nitrogens is 1. The largest absolute Gasteiger partial charge is 0.375 e. The van der Waals surface area contributed by atoms with E-state index in [-0.39, 0.29) is 5.91 Å². The number of nitrogens with one attached hydrogen (secondary N) is 1. The summed E-state index contributed by atoms with van der Waals surface area (Å²) >= 11 is 13.1. The molecule has 0 atom stereocenters. The summed E-state index contributed by atoms with van der Waals surface area (Å²) in [5.41, 5.74) is 6.51. The first-order chi connectivity index (χ1) is 8.49. The van der Waals surface area contributed by atoms with Gasteiger partial charge in [-0.15, -0.1) is 0 Å². The van der Waals surface area contributed by atoms with Crippen LogP contribution in [-0.2, 0) is 0 Å². The number of anilines is 2. The molecule has 0 unspecified atom stereocenters. The molecule has 0 aliphatic carbocycles. The number of carbonyl (C=O) groups excluding carboxylic acids is 1. The Morgan fingerprint density at radius 3 is 2.50 bits per heavy atom. The molecule has 0 fully saturated rings. The van der Waals surface area contributed by atoms with Gasteiger partial charge < -0.3 is 11.1 Å². The highest BCUT2D eigenvalue weighted by molar-refractivity contribution is 7.17. The number of hydrogen-bond donors (Lipinski definition) is 2. The molecule has 7 heteroatoms. The number of nitrogens with zero attached hydrogens (tertiary/aromatic N) is 1. The molecule has 2 aromatic rings. The Bertz CT molecular complexity index is 592. The molecule has 1 amide bonds. The lowest BCUT2D eigenvalue weighted by Gasteiger charge is -2.08. The maximum absolute atomic E-state index is 12.0. The molecule has 0 radical (unpaired) electrons. The van der Waals surface area contributed by atoms with Crippen LogP contribution in [0, 0.1) is 6.92 Å². The van der Waals surface area contributed by atoms with Crippen molar-refractivity contribution in [2.24, 2.45) is 0 Å². The fourth-order valence-corrected chi connectivity index (χ4v) is 2.64. The van der Waals surface area contributed by atoms with E-state index in [1.54, 1.807) is 25.1 Å². The van der Waals surface area contributed by atoms with Gasteiger partial charge in [0.25, 0.3) is 5.91 Å². The second-order valence-electron chi connectivity index (χ2n) is 3.52. The first-order valence-electron chi connectivity index (χ1n) is 4.97. The highest BCUT2D eigenvalue weighted by Crippen LogP contribution is 2.31. The summed E-state index contributed by atoms with van der Waals surface area (Å²) in [5, 5.41) is 3.77. The Morgan fingerprint density at radius 1 is 1.39 bits per heavy atom. The van der Waals surface area contributed by atoms with Gasteiger partial charge in [0.1, 0.15) is 4.88 Å². The monoisotopic (exact) mass is 301 g/mol. The fraction of sp³-hybridized carbons (Fsp3) is 0.0909. The van der Waals surface area contributed by atoms with Gasteiger partial charge in [0.05, 0.1) is 21.4 Å². The van der Waals surface area contributed by atoms with E-state index in [4.69, 9.17) is 28.9 Å². The highest BCUT2D eigenvalue weighted by atomic mass is 35.5. The Kier molecular flexibility index (Phi) is 3.75. The van der Waals surface area contributed by atoms with E-state index < -0.39 is 0 Å². The van der Waals surface area contributed by atoms with Crippen molar-refractivity contribution >= 4 is 51.3 Å². The van der Waals surface area contributed by atoms with Crippen molar-refractivity contribution in [3.8, 4) is 0 Å². The normalized spacial score (nSPS) is 10.4. The molecule has 0 saturated heterocycles. The maximum Gasteiger partial charge on any atom is 0.267 e. The van der Waals surface area contributed by atoms with Gasteiger partial charge in [-0.25, -0.2) is 4.98 Å². The number of amides is 1. The summed E-state index contributed by atoms with van der Waals surface area (Å²) in [6, 6.07) is 5.00. The number of halogens is 2. The third-order valence-corrected chi connectivity index (χ3v) is 3.84. The lowest BCUT2D eigenvalue weighted by atomic mass is 10.3. The molecule has 0 aliphatic rings. The minimum absolute atomic E-state index is 0.322. The van der Waals surface area contributed by atoms with Crippen molar-refractivity contribution in [2.45, 2.75) is 6.92 Å². The number of para-hydroxylation sites is 1. The predicted octanol–water partition coefficient (Wildman–Crippen LogP) is 3.59. The molecule has 3 N–H and O–H groups in total. The minimum Gasteiger partial charge on any atom is -0.375 e. The molecule has 0 saturated carbocycles. The minimum atomic E-state index is -0.322. The van der Waals surface area contributed by atoms with Gasteiger partial charge in [0, 0.05) is 0 Å². The molecule has 4 nitrogen and oxygen atoms in total. The van der Waals surface area contributed by atoms with Gasteiger partial charge in [-0.1, -0.05) is 40.6 Å². The summed E-state index contributed by atoms with van der Waals surface area (Å²) in [4.78, 5) is 16.5. The molecule has 1 aromatic heterocycles. The Balaban J connectivity index is 2.30. The van der Waals surface area contributed by atoms with E-state index >= 15 is 0 Å². The molecular weight excluding hydrogens is 293 g/mol. The van der Waals surface area contributed by atoms with Crippen LogP contribution in [0.2, 0.25) is 10.0 Å². The number of aryl methyl sites for hydroxylation is 1. The molecule has 1 aromatic carbocycles. The maximum atomic E-state index is 12.0. The van der Waals surface area contributed by atoms with Gasteiger partial charge >= 0.3 is 0 Å². The third-order valence-electron chi connectivity index (χ3n) is 2.22. The highest BCUT2D eigenvalue weighted by Gasteiger charge is 2.16. The second kappa shape index (κ2) is 5.14. The van der Waals surface area contributed by atoms with Crippen molar-refractivity contribution in [1.29, 1.82) is 0 Å². The summed E-state index contributed by atoms with van der Waals surface area (Å²) in [5.74, 6) is -0.322.